The van der Waals surface area contributed by atoms with Gasteiger partial charge in [0.1, 0.15) is 17.0 Å². The largest absolute Gasteiger partial charge is 0.456 e. The topological polar surface area (TPSA) is 18.1 Å². The van der Waals surface area contributed by atoms with Crippen molar-refractivity contribution in [2.24, 2.45) is 0 Å². The Labute approximate surface area is 624 Å². The number of hydrogen-bond acceptors (Lipinski definition) is 2. The quantitative estimate of drug-likeness (QED) is 0.152. The molecule has 0 amide bonds. The molecule has 5 heteroatoms. The van der Waals surface area contributed by atoms with Gasteiger partial charge >= 0.3 is 0 Å². The zero-order chi connectivity index (χ0) is 73.2. The van der Waals surface area contributed by atoms with Crippen molar-refractivity contribution in [2.75, 3.05) is 0 Å². The number of nitrogens with zero attached hydrogens (tertiary/aromatic N) is 1. The van der Waals surface area contributed by atoms with E-state index in [4.69, 9.17) is 4.42 Å². The highest BCUT2D eigenvalue weighted by molar-refractivity contribution is 7.26. The van der Waals surface area contributed by atoms with E-state index in [9.17, 15) is 4.39 Å². The summed E-state index contributed by atoms with van der Waals surface area (Å²) in [6, 6.07) is 126. The van der Waals surface area contributed by atoms with Crippen LogP contribution in [-0.4, -0.2) is 12.6 Å². The van der Waals surface area contributed by atoms with Gasteiger partial charge in [0.15, 0.2) is 0 Å². The van der Waals surface area contributed by atoms with Crippen LogP contribution in [0.25, 0.3) is 114 Å². The van der Waals surface area contributed by atoms with Gasteiger partial charge in [-0.25, -0.2) is 4.39 Å². The molecule has 0 spiro atoms. The van der Waals surface area contributed by atoms with Crippen LogP contribution in [0.3, 0.4) is 0 Å². The maximum absolute atomic E-state index is 14.2. The maximum atomic E-state index is 14.2. The number of aryl methyl sites for hydroxylation is 6. The van der Waals surface area contributed by atoms with Crippen LogP contribution in [0.1, 0.15) is 38.9 Å². The van der Waals surface area contributed by atoms with Crippen molar-refractivity contribution in [3.8, 4) is 50.2 Å². The Balaban J connectivity index is 0.000000116. The van der Waals surface area contributed by atoms with Crippen molar-refractivity contribution in [2.45, 2.75) is 68.1 Å². The van der Waals surface area contributed by atoms with E-state index in [-0.39, 0.29) is 5.82 Å². The zero-order valence-electron chi connectivity index (χ0n) is 61.8. The lowest BCUT2D eigenvalue weighted by molar-refractivity contribution is 0.619. The second kappa shape index (κ2) is 34.5. The molecule has 0 radical (unpaired) electrons. The van der Waals surface area contributed by atoms with E-state index in [1.807, 2.05) is 109 Å². The highest BCUT2D eigenvalue weighted by atomic mass is 32.1. The lowest BCUT2D eigenvalue weighted by Gasteiger charge is -2.16. The van der Waals surface area contributed by atoms with Gasteiger partial charge in [-0.3, -0.25) is 0 Å². The van der Waals surface area contributed by atoms with Crippen LogP contribution < -0.4 is 5.19 Å². The van der Waals surface area contributed by atoms with Crippen molar-refractivity contribution in [3.05, 3.63) is 409 Å². The highest BCUT2D eigenvalue weighted by Crippen LogP contribution is 2.37. The first-order valence-electron chi connectivity index (χ1n) is 36.1. The molecule has 0 N–H and O–H groups in total. The number of fused-ring (bicyclic) bond motifs is 9. The molecule has 0 fully saturated rings. The molecule has 0 atom stereocenters. The van der Waals surface area contributed by atoms with E-state index < -0.39 is 8.07 Å². The van der Waals surface area contributed by atoms with Gasteiger partial charge in [0.25, 0.3) is 0 Å². The first-order valence-corrected chi connectivity index (χ1v) is 40.4. The Bertz CT molecular complexity index is 5710. The van der Waals surface area contributed by atoms with E-state index in [1.54, 1.807) is 11.3 Å². The SMILES string of the molecule is Cc1c(F)cc(-c2ccccc2)cc1-c1ccccc1.Cc1ccc(-c2ccccc2)cc1.Cc1ccc([Si](C)(C)C)cc1.Cc1ccc2c(c1)c1ccccc1n2-c1ccccc1.Cc1cccc2c1oc1ccccc12.Cc1cccc2c1sc1ccccc12.Cc1ccccc1-c1ccccc1. The summed E-state index contributed by atoms with van der Waals surface area (Å²) in [6.45, 7) is 21.7. The first kappa shape index (κ1) is 73.0. The number of aromatic nitrogens is 1. The molecule has 15 aromatic carbocycles. The number of thiophene rings is 1. The average molecular weight is 1400 g/mol. The fourth-order valence-corrected chi connectivity index (χ4v) is 15.4. The molecule has 0 aliphatic heterocycles. The summed E-state index contributed by atoms with van der Waals surface area (Å²) in [5, 5.41) is 9.37. The zero-order valence-corrected chi connectivity index (χ0v) is 63.6. The minimum absolute atomic E-state index is 0.162. The standard InChI is InChI=1S/C19H15F.C19H15N.C13H10O.C13H10S.2C13H12.C10H16Si/c1-14-18(16-10-6-3-7-11-16)12-17(13-19(14)20)15-8-4-2-5-9-15;1-14-11-12-19-17(13-14)16-9-5-6-10-18(16)20(19)15-7-3-2-4-8-15;2*1-9-5-4-7-11-10-6-2-3-8-12(10)14-13(9)11;1-11-7-5-6-10-13(11)12-8-3-2-4-9-12;1-11-7-9-13(10-8-11)12-5-3-2-4-6-12;1-9-5-7-10(8-6-9)11(2,3)4/h2*2-13H,1H3;2*2-8H,1H3;2*2-10H,1H3;5-8H,1-4H3. The third-order valence-corrected chi connectivity index (χ3v) is 22.3. The van der Waals surface area contributed by atoms with Crippen molar-refractivity contribution in [1.29, 1.82) is 0 Å². The fraction of sp³-hybridized carbons (Fsp3) is 0.100. The number of benzene rings is 15. The second-order valence-electron chi connectivity index (χ2n) is 27.7. The van der Waals surface area contributed by atoms with Crippen LogP contribution in [0.2, 0.25) is 19.6 Å². The molecule has 0 bridgehead atoms. The number of para-hydroxylation sites is 4. The smallest absolute Gasteiger partial charge is 0.138 e. The lowest BCUT2D eigenvalue weighted by Crippen LogP contribution is -2.37. The summed E-state index contributed by atoms with van der Waals surface area (Å²) >= 11 is 1.89. The van der Waals surface area contributed by atoms with Crippen LogP contribution >= 0.6 is 11.3 Å². The average Bonchev–Trinajstić information content (AvgIpc) is 1.56. The predicted octanol–water partition coefficient (Wildman–Crippen LogP) is 28.7. The molecule has 18 rings (SSSR count). The van der Waals surface area contributed by atoms with Crippen LogP contribution in [-0.2, 0) is 0 Å². The Morgan fingerprint density at radius 3 is 1.37 bits per heavy atom. The predicted molar refractivity (Wildman–Crippen MR) is 457 cm³/mol. The summed E-state index contributed by atoms with van der Waals surface area (Å²) in [6.07, 6.45) is 0. The maximum Gasteiger partial charge on any atom is 0.138 e. The molecule has 2 nitrogen and oxygen atoms in total. The van der Waals surface area contributed by atoms with E-state index in [1.165, 1.54) is 114 Å². The van der Waals surface area contributed by atoms with Crippen molar-refractivity contribution in [3.63, 3.8) is 0 Å². The lowest BCUT2D eigenvalue weighted by atomic mass is 9.95. The Morgan fingerprint density at radius 1 is 0.305 bits per heavy atom. The van der Waals surface area contributed by atoms with E-state index in [0.717, 1.165) is 33.4 Å². The summed E-state index contributed by atoms with van der Waals surface area (Å²) in [4.78, 5) is 0. The Kier molecular flexibility index (Phi) is 24.0. The van der Waals surface area contributed by atoms with E-state index >= 15 is 0 Å². The summed E-state index contributed by atoms with van der Waals surface area (Å²) in [5.74, 6) is -0.162. The van der Waals surface area contributed by atoms with Crippen LogP contribution in [0, 0.1) is 54.3 Å². The van der Waals surface area contributed by atoms with Crippen molar-refractivity contribution < 1.29 is 8.81 Å². The molecule has 0 saturated heterocycles. The molecule has 0 unspecified atom stereocenters. The second-order valence-corrected chi connectivity index (χ2v) is 33.8. The van der Waals surface area contributed by atoms with E-state index in [2.05, 4.69) is 333 Å². The fourth-order valence-electron chi connectivity index (χ4n) is 13.1. The number of hydrogen-bond donors (Lipinski definition) is 0. The van der Waals surface area contributed by atoms with Gasteiger partial charge in [0, 0.05) is 47.4 Å². The van der Waals surface area contributed by atoms with Crippen molar-refractivity contribution in [1.82, 2.24) is 4.57 Å². The van der Waals surface area contributed by atoms with Gasteiger partial charge in [-0.15, -0.1) is 11.3 Å². The minimum Gasteiger partial charge on any atom is -0.456 e. The molecule has 0 aliphatic carbocycles. The van der Waals surface area contributed by atoms with Gasteiger partial charge < -0.3 is 8.98 Å². The molecule has 18 aromatic rings. The summed E-state index contributed by atoms with van der Waals surface area (Å²) in [7, 11) is -1.06. The monoisotopic (exact) mass is 1400 g/mol. The molecular weight excluding hydrogens is 1310 g/mol. The normalized spacial score (nSPS) is 10.8. The van der Waals surface area contributed by atoms with Crippen LogP contribution in [0.4, 0.5) is 4.39 Å². The van der Waals surface area contributed by atoms with E-state index in [0.29, 0.717) is 5.56 Å². The summed E-state index contributed by atoms with van der Waals surface area (Å²) in [5.41, 5.74) is 23.4. The van der Waals surface area contributed by atoms with Gasteiger partial charge in [-0.2, -0.15) is 0 Å². The molecule has 0 aliphatic rings. The molecular formula is C100H90FNOSSi. The number of rotatable bonds is 6. The highest BCUT2D eigenvalue weighted by Gasteiger charge is 2.16. The first-order chi connectivity index (χ1) is 51.1. The third kappa shape index (κ3) is 18.2. The van der Waals surface area contributed by atoms with Gasteiger partial charge in [-0.05, 0) is 170 Å². The molecule has 3 aromatic heterocycles. The van der Waals surface area contributed by atoms with Crippen LogP contribution in [0.5, 0.6) is 0 Å². The van der Waals surface area contributed by atoms with Crippen molar-refractivity contribution >= 4 is 88.5 Å². The third-order valence-electron chi connectivity index (χ3n) is 18.9. The minimum atomic E-state index is -1.06. The molecule has 0 saturated carbocycles. The van der Waals surface area contributed by atoms with Crippen LogP contribution in [0.15, 0.2) is 368 Å². The molecule has 518 valence electrons. The Morgan fingerprint density at radius 2 is 0.752 bits per heavy atom. The molecule has 3 heterocycles. The van der Waals surface area contributed by atoms with Gasteiger partial charge in [-0.1, -0.05) is 351 Å². The number of furan rings is 1. The van der Waals surface area contributed by atoms with Gasteiger partial charge in [0.05, 0.1) is 19.1 Å². The summed E-state index contributed by atoms with van der Waals surface area (Å²) < 4.78 is 25.1. The molecule has 105 heavy (non-hydrogen) atoms. The van der Waals surface area contributed by atoms with Gasteiger partial charge in [0.2, 0.25) is 0 Å². The Hall–Kier alpha value is -11.7. The number of halogens is 1.